The smallest absolute Gasteiger partial charge is 0.338 e. The van der Waals surface area contributed by atoms with Crippen LogP contribution < -0.4 is 11.2 Å². The van der Waals surface area contributed by atoms with Gasteiger partial charge in [0.1, 0.15) is 25.0 Å². The number of hydrogen-bond acceptors (Lipinski definition) is 8. The molecule has 0 radical (unpaired) electrons. The van der Waals surface area contributed by atoms with Crippen molar-refractivity contribution in [2.24, 2.45) is 0 Å². The van der Waals surface area contributed by atoms with Crippen LogP contribution in [0.3, 0.4) is 0 Å². The Morgan fingerprint density at radius 1 is 1.15 bits per heavy atom. The summed E-state index contributed by atoms with van der Waals surface area (Å²) < 4.78 is 17.4. The average molecular weight is 460 g/mol. The molecule has 1 aromatic carbocycles. The fourth-order valence-electron chi connectivity index (χ4n) is 3.65. The summed E-state index contributed by atoms with van der Waals surface area (Å²) in [6.07, 6.45) is -1.15. The van der Waals surface area contributed by atoms with Gasteiger partial charge in [-0.15, -0.1) is 0 Å². The van der Waals surface area contributed by atoms with Gasteiger partial charge in [0.15, 0.2) is 0 Å². The SMILES string of the molecule is Cc1cc(C(=O)OCCC(=O)OC2CC(n3cc(C)c(=O)[nH]c3=O)OC2CO)cc(C)c1C. The fourth-order valence-corrected chi connectivity index (χ4v) is 3.65. The number of carbonyl (C=O) groups is 2. The largest absolute Gasteiger partial charge is 0.461 e. The van der Waals surface area contributed by atoms with Crippen LogP contribution in [0, 0.1) is 27.7 Å². The van der Waals surface area contributed by atoms with Crippen molar-refractivity contribution in [3.63, 3.8) is 0 Å². The molecule has 0 bridgehead atoms. The maximum atomic E-state index is 12.3. The van der Waals surface area contributed by atoms with Gasteiger partial charge in [0.25, 0.3) is 5.56 Å². The third-order valence-electron chi connectivity index (χ3n) is 5.80. The summed E-state index contributed by atoms with van der Waals surface area (Å²) in [6, 6.07) is 3.48. The molecule has 0 aliphatic carbocycles. The standard InChI is InChI=1S/C23H28N2O8/c1-12-7-16(8-13(2)15(12)4)22(29)31-6-5-20(27)33-17-9-19(32-18(17)11-26)25-10-14(3)21(28)24-23(25)30/h7-8,10,17-19,26H,5-6,9,11H2,1-4H3,(H,24,28,30). The van der Waals surface area contributed by atoms with E-state index in [1.54, 1.807) is 19.1 Å². The molecule has 2 N–H and O–H groups in total. The molecule has 10 nitrogen and oxygen atoms in total. The van der Waals surface area contributed by atoms with Gasteiger partial charge in [0.2, 0.25) is 0 Å². The lowest BCUT2D eigenvalue weighted by Gasteiger charge is -2.16. The van der Waals surface area contributed by atoms with E-state index in [-0.39, 0.29) is 19.4 Å². The van der Waals surface area contributed by atoms with Crippen LogP contribution >= 0.6 is 0 Å². The summed E-state index contributed by atoms with van der Waals surface area (Å²) in [5, 5.41) is 9.59. The first-order valence-electron chi connectivity index (χ1n) is 10.6. The Balaban J connectivity index is 1.55. The molecule has 0 amide bonds. The highest BCUT2D eigenvalue weighted by Crippen LogP contribution is 2.30. The van der Waals surface area contributed by atoms with Crippen molar-refractivity contribution >= 4 is 11.9 Å². The molecule has 1 aliphatic heterocycles. The summed E-state index contributed by atoms with van der Waals surface area (Å²) in [7, 11) is 0. The minimum Gasteiger partial charge on any atom is -0.461 e. The molecule has 2 heterocycles. The zero-order chi connectivity index (χ0) is 24.3. The molecule has 3 atom stereocenters. The number of aromatic amines is 1. The summed E-state index contributed by atoms with van der Waals surface area (Å²) in [4.78, 5) is 50.4. The Bertz CT molecular complexity index is 1140. The van der Waals surface area contributed by atoms with E-state index in [9.17, 15) is 24.3 Å². The number of H-pyrrole nitrogens is 1. The quantitative estimate of drug-likeness (QED) is 0.588. The van der Waals surface area contributed by atoms with Crippen molar-refractivity contribution in [3.8, 4) is 0 Å². The van der Waals surface area contributed by atoms with Crippen molar-refractivity contribution < 1.29 is 28.9 Å². The van der Waals surface area contributed by atoms with Crippen molar-refractivity contribution in [1.82, 2.24) is 9.55 Å². The number of aromatic nitrogens is 2. The van der Waals surface area contributed by atoms with Gasteiger partial charge in [0.05, 0.1) is 18.6 Å². The summed E-state index contributed by atoms with van der Waals surface area (Å²) in [5.74, 6) is -1.16. The highest BCUT2D eigenvalue weighted by molar-refractivity contribution is 5.90. The van der Waals surface area contributed by atoms with E-state index in [2.05, 4.69) is 4.98 Å². The molecule has 1 aromatic heterocycles. The van der Waals surface area contributed by atoms with E-state index in [1.165, 1.54) is 10.8 Å². The number of aryl methyl sites for hydroxylation is 3. The predicted octanol–water partition coefficient (Wildman–Crippen LogP) is 1.21. The van der Waals surface area contributed by atoms with E-state index >= 15 is 0 Å². The van der Waals surface area contributed by atoms with E-state index in [4.69, 9.17) is 14.2 Å². The number of benzene rings is 1. The Labute approximate surface area is 190 Å². The molecule has 0 spiro atoms. The number of hydrogen-bond donors (Lipinski definition) is 2. The lowest BCUT2D eigenvalue weighted by molar-refractivity contribution is -0.153. The van der Waals surface area contributed by atoms with Crippen molar-refractivity contribution in [2.45, 2.75) is 59.0 Å². The lowest BCUT2D eigenvalue weighted by Crippen LogP contribution is -2.33. The maximum Gasteiger partial charge on any atom is 0.338 e. The molecule has 178 valence electrons. The topological polar surface area (TPSA) is 137 Å². The van der Waals surface area contributed by atoms with Crippen molar-refractivity contribution in [1.29, 1.82) is 0 Å². The summed E-state index contributed by atoms with van der Waals surface area (Å²) >= 11 is 0. The van der Waals surface area contributed by atoms with Crippen LogP contribution in [0.1, 0.15) is 51.7 Å². The van der Waals surface area contributed by atoms with Crippen LogP contribution in [0.2, 0.25) is 0 Å². The van der Waals surface area contributed by atoms with Crippen LogP contribution in [-0.2, 0) is 19.0 Å². The number of nitrogens with zero attached hydrogens (tertiary/aromatic N) is 1. The average Bonchev–Trinajstić information content (AvgIpc) is 3.16. The number of ether oxygens (including phenoxy) is 3. The van der Waals surface area contributed by atoms with Gasteiger partial charge >= 0.3 is 17.6 Å². The zero-order valence-corrected chi connectivity index (χ0v) is 19.0. The first-order chi connectivity index (χ1) is 15.6. The summed E-state index contributed by atoms with van der Waals surface area (Å²) in [5.41, 5.74) is 2.63. The van der Waals surface area contributed by atoms with E-state index in [1.807, 2.05) is 20.8 Å². The maximum absolute atomic E-state index is 12.3. The molecule has 3 rings (SSSR count). The predicted molar refractivity (Wildman–Crippen MR) is 117 cm³/mol. The zero-order valence-electron chi connectivity index (χ0n) is 19.0. The molecule has 1 fully saturated rings. The normalized spacial score (nSPS) is 20.0. The Morgan fingerprint density at radius 3 is 2.45 bits per heavy atom. The third kappa shape index (κ3) is 5.58. The Kier molecular flexibility index (Phi) is 7.50. The number of aliphatic hydroxyl groups is 1. The van der Waals surface area contributed by atoms with Gasteiger partial charge in [-0.3, -0.25) is 19.1 Å². The van der Waals surface area contributed by atoms with E-state index < -0.39 is 48.2 Å². The molecule has 3 unspecified atom stereocenters. The highest BCUT2D eigenvalue weighted by atomic mass is 16.6. The molecule has 10 heteroatoms. The minimum atomic E-state index is -0.834. The van der Waals surface area contributed by atoms with Crippen LogP contribution in [0.25, 0.3) is 0 Å². The van der Waals surface area contributed by atoms with Crippen molar-refractivity contribution in [3.05, 3.63) is 67.0 Å². The van der Waals surface area contributed by atoms with Gasteiger partial charge in [-0.2, -0.15) is 0 Å². The first kappa shape index (κ1) is 24.4. The van der Waals surface area contributed by atoms with E-state index in [0.29, 0.717) is 11.1 Å². The molecular formula is C23H28N2O8. The number of nitrogens with one attached hydrogen (secondary N) is 1. The third-order valence-corrected chi connectivity index (χ3v) is 5.80. The molecule has 1 aliphatic rings. The van der Waals surface area contributed by atoms with Crippen LogP contribution in [0.5, 0.6) is 0 Å². The number of rotatable bonds is 7. The van der Waals surface area contributed by atoms with Gasteiger partial charge in [-0.25, -0.2) is 9.59 Å². The minimum absolute atomic E-state index is 0.115. The van der Waals surface area contributed by atoms with Gasteiger partial charge in [-0.1, -0.05) is 0 Å². The number of esters is 2. The summed E-state index contributed by atoms with van der Waals surface area (Å²) in [6.45, 7) is 6.75. The number of aliphatic hydroxyl groups excluding tert-OH is 1. The molecule has 1 saturated heterocycles. The molecule has 33 heavy (non-hydrogen) atoms. The van der Waals surface area contributed by atoms with Crippen molar-refractivity contribution in [2.75, 3.05) is 13.2 Å². The molecule has 2 aromatic rings. The molecule has 0 saturated carbocycles. The monoisotopic (exact) mass is 460 g/mol. The lowest BCUT2D eigenvalue weighted by atomic mass is 10.0. The van der Waals surface area contributed by atoms with Crippen LogP contribution in [0.4, 0.5) is 0 Å². The van der Waals surface area contributed by atoms with Gasteiger partial charge in [-0.05, 0) is 56.5 Å². The fraction of sp³-hybridized carbons (Fsp3) is 0.478. The first-order valence-corrected chi connectivity index (χ1v) is 10.6. The second-order valence-electron chi connectivity index (χ2n) is 8.18. The van der Waals surface area contributed by atoms with Crippen LogP contribution in [-0.4, -0.2) is 52.0 Å². The molecular weight excluding hydrogens is 432 g/mol. The van der Waals surface area contributed by atoms with Gasteiger partial charge in [0, 0.05) is 18.2 Å². The van der Waals surface area contributed by atoms with E-state index in [0.717, 1.165) is 16.7 Å². The Hall–Kier alpha value is -3.24. The number of carbonyl (C=O) groups excluding carboxylic acids is 2. The van der Waals surface area contributed by atoms with Crippen LogP contribution in [0.15, 0.2) is 27.9 Å². The Morgan fingerprint density at radius 2 is 1.82 bits per heavy atom. The highest BCUT2D eigenvalue weighted by Gasteiger charge is 2.39. The van der Waals surface area contributed by atoms with Gasteiger partial charge < -0.3 is 19.3 Å². The second-order valence-corrected chi connectivity index (χ2v) is 8.18. The second kappa shape index (κ2) is 10.1.